The zero-order chi connectivity index (χ0) is 25.2. The third-order valence-corrected chi connectivity index (χ3v) is 3.97. The number of aromatic nitrogens is 2. The molecule has 0 amide bonds. The van der Waals surface area contributed by atoms with Gasteiger partial charge in [-0.15, -0.1) is 13.2 Å². The molecule has 0 atom stereocenters. The number of alkyl halides is 1. The number of nitrogens with zero attached hydrogens (tertiary/aromatic N) is 2. The molecule has 0 aromatic carbocycles. The first kappa shape index (κ1) is 33.6. The van der Waals surface area contributed by atoms with E-state index in [0.29, 0.717) is 11.3 Å². The zero-order valence-corrected chi connectivity index (χ0v) is 22.4. The summed E-state index contributed by atoms with van der Waals surface area (Å²) in [6, 6.07) is 8.40. The quantitative estimate of drug-likeness (QED) is 0.441. The number of hydrogen-bond acceptors (Lipinski definition) is 2. The summed E-state index contributed by atoms with van der Waals surface area (Å²) in [5.74, 6) is 0.474. The maximum atomic E-state index is 11.0. The Labute approximate surface area is 193 Å². The van der Waals surface area contributed by atoms with Gasteiger partial charge >= 0.3 is 0 Å². The molecule has 2 aromatic heterocycles. The van der Waals surface area contributed by atoms with Crippen LogP contribution in [0.1, 0.15) is 98.7 Å². The molecule has 0 aliphatic heterocycles. The maximum Gasteiger partial charge on any atom is 0.0945 e. The standard InChI is InChI=1S/C15H18N2.C6H14.C3H7F.C2H6.C2H4/c1-10(2)15-6-5-14(12(4)17-15)13-7-8-16-11(3)9-13;1-5-6(2,3)4;1-3(2)4;2*1-2/h5-10H,1-4H3;5H2,1-4H3;3H,1-2H3;1-2H3;1-2H2. The lowest BCUT2D eigenvalue weighted by molar-refractivity contribution is 0.391. The van der Waals surface area contributed by atoms with E-state index in [4.69, 9.17) is 0 Å². The van der Waals surface area contributed by atoms with Crippen molar-refractivity contribution < 1.29 is 4.39 Å². The minimum atomic E-state index is -0.667. The Bertz CT molecular complexity index is 683. The number of aryl methyl sites for hydroxylation is 2. The van der Waals surface area contributed by atoms with Crippen molar-refractivity contribution in [3.63, 3.8) is 0 Å². The molecule has 0 bridgehead atoms. The first-order chi connectivity index (χ1) is 14.4. The average Bonchev–Trinajstić information content (AvgIpc) is 2.70. The van der Waals surface area contributed by atoms with Crippen LogP contribution in [0, 0.1) is 19.3 Å². The minimum Gasteiger partial charge on any atom is -0.262 e. The van der Waals surface area contributed by atoms with E-state index in [9.17, 15) is 4.39 Å². The molecular weight excluding hydrogens is 383 g/mol. The lowest BCUT2D eigenvalue weighted by Crippen LogP contribution is -2.00. The molecule has 0 aliphatic carbocycles. The molecule has 0 aliphatic rings. The van der Waals surface area contributed by atoms with Crippen molar-refractivity contribution >= 4 is 0 Å². The molecule has 2 heterocycles. The van der Waals surface area contributed by atoms with Crippen LogP contribution in [0.3, 0.4) is 0 Å². The lowest BCUT2D eigenvalue weighted by atomic mass is 9.94. The molecule has 31 heavy (non-hydrogen) atoms. The molecule has 0 N–H and O–H groups in total. The molecule has 0 saturated carbocycles. The highest BCUT2D eigenvalue weighted by Gasteiger charge is 2.07. The predicted octanol–water partition coefficient (Wildman–Crippen LogP) is 9.52. The molecule has 2 aromatic rings. The summed E-state index contributed by atoms with van der Waals surface area (Å²) in [7, 11) is 0. The van der Waals surface area contributed by atoms with Crippen molar-refractivity contribution in [3.8, 4) is 11.1 Å². The summed E-state index contributed by atoms with van der Waals surface area (Å²) in [5, 5.41) is 0. The predicted molar refractivity (Wildman–Crippen MR) is 140 cm³/mol. The van der Waals surface area contributed by atoms with Gasteiger partial charge in [0.25, 0.3) is 0 Å². The average molecular weight is 433 g/mol. The Morgan fingerprint density at radius 2 is 1.42 bits per heavy atom. The summed E-state index contributed by atoms with van der Waals surface area (Å²) >= 11 is 0. The van der Waals surface area contributed by atoms with Crippen LogP contribution in [0.25, 0.3) is 11.1 Å². The van der Waals surface area contributed by atoms with Crippen molar-refractivity contribution in [2.24, 2.45) is 5.41 Å². The molecule has 2 nitrogen and oxygen atoms in total. The zero-order valence-electron chi connectivity index (χ0n) is 22.4. The van der Waals surface area contributed by atoms with Crippen molar-refractivity contribution in [3.05, 3.63) is 60.7 Å². The molecule has 0 unspecified atom stereocenters. The Morgan fingerprint density at radius 1 is 0.968 bits per heavy atom. The van der Waals surface area contributed by atoms with Gasteiger partial charge in [-0.2, -0.15) is 0 Å². The summed E-state index contributed by atoms with van der Waals surface area (Å²) in [4.78, 5) is 8.88. The van der Waals surface area contributed by atoms with Gasteiger partial charge in [-0.1, -0.05) is 67.9 Å². The Hall–Kier alpha value is -2.03. The van der Waals surface area contributed by atoms with Crippen LogP contribution in [-0.2, 0) is 0 Å². The molecule has 0 saturated heterocycles. The second kappa shape index (κ2) is 18.7. The Balaban J connectivity index is -0.000000466. The van der Waals surface area contributed by atoms with E-state index in [1.54, 1.807) is 0 Å². The van der Waals surface area contributed by atoms with Gasteiger partial charge in [-0.3, -0.25) is 9.97 Å². The Morgan fingerprint density at radius 3 is 1.74 bits per heavy atom. The van der Waals surface area contributed by atoms with Crippen LogP contribution in [0.4, 0.5) is 4.39 Å². The number of rotatable bonds is 2. The van der Waals surface area contributed by atoms with Crippen LogP contribution in [0.2, 0.25) is 0 Å². The number of halogens is 1. The van der Waals surface area contributed by atoms with Crippen molar-refractivity contribution in [2.45, 2.75) is 102 Å². The van der Waals surface area contributed by atoms with Gasteiger partial charge in [0.2, 0.25) is 0 Å². The van der Waals surface area contributed by atoms with Crippen LogP contribution in [0.15, 0.2) is 43.6 Å². The largest absolute Gasteiger partial charge is 0.262 e. The van der Waals surface area contributed by atoms with Crippen LogP contribution >= 0.6 is 0 Å². The molecule has 0 spiro atoms. The maximum absolute atomic E-state index is 11.0. The third-order valence-electron chi connectivity index (χ3n) is 3.97. The van der Waals surface area contributed by atoms with E-state index in [2.05, 4.69) is 89.8 Å². The fourth-order valence-electron chi connectivity index (χ4n) is 1.92. The normalized spacial score (nSPS) is 9.77. The molecular formula is C28H49FN2. The van der Waals surface area contributed by atoms with Crippen molar-refractivity contribution in [2.75, 3.05) is 0 Å². The molecule has 0 fully saturated rings. The molecule has 0 radical (unpaired) electrons. The minimum absolute atomic E-state index is 0.474. The highest BCUT2D eigenvalue weighted by molar-refractivity contribution is 5.65. The van der Waals surface area contributed by atoms with E-state index < -0.39 is 6.17 Å². The van der Waals surface area contributed by atoms with Gasteiger partial charge in [0, 0.05) is 28.8 Å². The summed E-state index contributed by atoms with van der Waals surface area (Å²) in [6.45, 7) is 30.3. The van der Waals surface area contributed by atoms with Gasteiger partial charge < -0.3 is 0 Å². The second-order valence-corrected chi connectivity index (χ2v) is 8.64. The monoisotopic (exact) mass is 432 g/mol. The van der Waals surface area contributed by atoms with Crippen LogP contribution < -0.4 is 0 Å². The fraction of sp³-hybridized carbons (Fsp3) is 0.571. The summed E-state index contributed by atoms with van der Waals surface area (Å²) < 4.78 is 11.0. The highest BCUT2D eigenvalue weighted by Crippen LogP contribution is 2.24. The topological polar surface area (TPSA) is 25.8 Å². The van der Waals surface area contributed by atoms with Gasteiger partial charge in [0.05, 0.1) is 6.17 Å². The van der Waals surface area contributed by atoms with E-state index in [1.165, 1.54) is 31.4 Å². The SMILES string of the molecule is C=C.CC.CC(C)F.CCC(C)(C)C.Cc1cc(-c2ccc(C(C)C)nc2C)ccn1. The van der Waals surface area contributed by atoms with Crippen molar-refractivity contribution in [1.29, 1.82) is 0 Å². The number of hydrogen-bond donors (Lipinski definition) is 0. The third kappa shape index (κ3) is 18.5. The molecule has 3 heteroatoms. The lowest BCUT2D eigenvalue weighted by Gasteiger charge is -2.12. The van der Waals surface area contributed by atoms with E-state index in [-0.39, 0.29) is 0 Å². The smallest absolute Gasteiger partial charge is 0.0945 e. The van der Waals surface area contributed by atoms with E-state index >= 15 is 0 Å². The Kier molecular flexibility index (Phi) is 20.3. The van der Waals surface area contributed by atoms with Gasteiger partial charge in [0.15, 0.2) is 0 Å². The van der Waals surface area contributed by atoms with Crippen LogP contribution in [-0.4, -0.2) is 16.1 Å². The first-order valence-electron chi connectivity index (χ1n) is 11.4. The van der Waals surface area contributed by atoms with Crippen molar-refractivity contribution in [1.82, 2.24) is 9.97 Å². The highest BCUT2D eigenvalue weighted by atomic mass is 19.1. The van der Waals surface area contributed by atoms with Crippen LogP contribution in [0.5, 0.6) is 0 Å². The summed E-state index contributed by atoms with van der Waals surface area (Å²) in [6.07, 6.45) is 2.45. The second-order valence-electron chi connectivity index (χ2n) is 8.64. The fourth-order valence-corrected chi connectivity index (χ4v) is 1.92. The van der Waals surface area contributed by atoms with Gasteiger partial charge in [-0.25, -0.2) is 4.39 Å². The van der Waals surface area contributed by atoms with Gasteiger partial charge in [0.1, 0.15) is 0 Å². The van der Waals surface area contributed by atoms with E-state index in [1.807, 2.05) is 33.0 Å². The molecule has 2 rings (SSSR count). The first-order valence-corrected chi connectivity index (χ1v) is 11.4. The molecule has 178 valence electrons. The van der Waals surface area contributed by atoms with E-state index in [0.717, 1.165) is 17.1 Å². The van der Waals surface area contributed by atoms with Gasteiger partial charge in [-0.05, 0) is 62.8 Å². The summed E-state index contributed by atoms with van der Waals surface area (Å²) in [5.41, 5.74) is 6.20. The number of pyridine rings is 2.